The Bertz CT molecular complexity index is 656. The lowest BCUT2D eigenvalue weighted by molar-refractivity contribution is 0.0698. The highest BCUT2D eigenvalue weighted by Crippen LogP contribution is 2.25. The number of hydrogen-bond acceptors (Lipinski definition) is 3. The number of carboxylic acids is 1. The molecule has 0 saturated heterocycles. The molecule has 2 aromatic rings. The van der Waals surface area contributed by atoms with Gasteiger partial charge in [-0.05, 0) is 40.8 Å². The minimum atomic E-state index is -1.18. The molecule has 0 atom stereocenters. The molecule has 1 aromatic carbocycles. The molecular weight excluding hydrogens is 401 g/mol. The molecule has 0 aliphatic rings. The van der Waals surface area contributed by atoms with E-state index in [9.17, 15) is 9.59 Å². The number of nitrogens with one attached hydrogen (secondary N) is 1. The molecule has 0 aliphatic heterocycles. The highest BCUT2D eigenvalue weighted by atomic mass is 127. The van der Waals surface area contributed by atoms with Gasteiger partial charge in [0.25, 0.3) is 5.91 Å². The first-order valence-corrected chi connectivity index (χ1v) is 7.40. The van der Waals surface area contributed by atoms with Crippen LogP contribution in [0.15, 0.2) is 29.6 Å². The number of rotatable bonds is 3. The van der Waals surface area contributed by atoms with Crippen LogP contribution in [0.3, 0.4) is 0 Å². The number of carbonyl (C=O) groups is 2. The predicted octanol–water partition coefficient (Wildman–Crippen LogP) is 3.96. The van der Waals surface area contributed by atoms with Gasteiger partial charge in [0.1, 0.15) is 5.56 Å². The SMILES string of the molecule is O=C(Nc1cccc(Cl)c1C(=O)O)c1csc(I)c1. The molecule has 2 N–H and O–H groups in total. The van der Waals surface area contributed by atoms with Gasteiger partial charge >= 0.3 is 5.97 Å². The molecule has 1 amide bonds. The van der Waals surface area contributed by atoms with E-state index in [1.54, 1.807) is 17.5 Å². The fourth-order valence-electron chi connectivity index (χ4n) is 1.47. The van der Waals surface area contributed by atoms with E-state index in [-0.39, 0.29) is 22.2 Å². The normalized spacial score (nSPS) is 10.2. The first-order chi connectivity index (χ1) is 8.99. The summed E-state index contributed by atoms with van der Waals surface area (Å²) >= 11 is 9.38. The quantitative estimate of drug-likeness (QED) is 0.757. The fraction of sp³-hybridized carbons (Fsp3) is 0. The zero-order chi connectivity index (χ0) is 14.0. The summed E-state index contributed by atoms with van der Waals surface area (Å²) in [6.45, 7) is 0. The Morgan fingerprint density at radius 2 is 2.11 bits per heavy atom. The molecule has 0 saturated carbocycles. The van der Waals surface area contributed by atoms with Crippen molar-refractivity contribution >= 4 is 63.1 Å². The van der Waals surface area contributed by atoms with Crippen molar-refractivity contribution in [2.24, 2.45) is 0 Å². The minimum Gasteiger partial charge on any atom is -0.478 e. The van der Waals surface area contributed by atoms with Crippen LogP contribution in [0, 0.1) is 2.88 Å². The maximum atomic E-state index is 12.0. The Kier molecular flexibility index (Phi) is 4.43. The molecule has 0 unspecified atom stereocenters. The maximum Gasteiger partial charge on any atom is 0.339 e. The van der Waals surface area contributed by atoms with Crippen molar-refractivity contribution in [1.82, 2.24) is 0 Å². The average Bonchev–Trinajstić information content (AvgIpc) is 2.75. The van der Waals surface area contributed by atoms with Gasteiger partial charge in [-0.3, -0.25) is 4.79 Å². The number of benzene rings is 1. The first kappa shape index (κ1) is 14.3. The van der Waals surface area contributed by atoms with Gasteiger partial charge in [0, 0.05) is 5.38 Å². The highest BCUT2D eigenvalue weighted by molar-refractivity contribution is 14.1. The molecular formula is C12H7ClINO3S. The summed E-state index contributed by atoms with van der Waals surface area (Å²) in [5, 5.41) is 13.5. The highest BCUT2D eigenvalue weighted by Gasteiger charge is 2.17. The summed E-state index contributed by atoms with van der Waals surface area (Å²) in [5.41, 5.74) is 0.569. The summed E-state index contributed by atoms with van der Waals surface area (Å²) in [7, 11) is 0. The third kappa shape index (κ3) is 3.26. The van der Waals surface area contributed by atoms with Crippen LogP contribution in [0.25, 0.3) is 0 Å². The molecule has 98 valence electrons. The topological polar surface area (TPSA) is 66.4 Å². The Morgan fingerprint density at radius 3 is 2.68 bits per heavy atom. The molecule has 0 radical (unpaired) electrons. The van der Waals surface area contributed by atoms with Crippen LogP contribution in [0.5, 0.6) is 0 Å². The summed E-state index contributed by atoms with van der Waals surface area (Å²) < 4.78 is 0.979. The molecule has 0 fully saturated rings. The van der Waals surface area contributed by atoms with E-state index in [2.05, 4.69) is 27.9 Å². The van der Waals surface area contributed by atoms with Gasteiger partial charge in [-0.15, -0.1) is 11.3 Å². The first-order valence-electron chi connectivity index (χ1n) is 5.06. The van der Waals surface area contributed by atoms with Gasteiger partial charge in [0.15, 0.2) is 0 Å². The summed E-state index contributed by atoms with van der Waals surface area (Å²) in [4.78, 5) is 23.1. The van der Waals surface area contributed by atoms with E-state index in [1.165, 1.54) is 23.5 Å². The molecule has 0 bridgehead atoms. The van der Waals surface area contributed by atoms with E-state index in [1.807, 2.05) is 0 Å². The predicted molar refractivity (Wildman–Crippen MR) is 83.4 cm³/mol. The number of thiophene rings is 1. The van der Waals surface area contributed by atoms with Gasteiger partial charge in [0.2, 0.25) is 0 Å². The Hall–Kier alpha value is -1.12. The second-order valence-corrected chi connectivity index (χ2v) is 6.77. The van der Waals surface area contributed by atoms with Crippen molar-refractivity contribution in [1.29, 1.82) is 0 Å². The van der Waals surface area contributed by atoms with Crippen LogP contribution in [-0.2, 0) is 0 Å². The Balaban J connectivity index is 2.31. The van der Waals surface area contributed by atoms with Crippen molar-refractivity contribution in [3.63, 3.8) is 0 Å². The molecule has 0 spiro atoms. The standard InChI is InChI=1S/C12H7ClINO3S/c13-7-2-1-3-8(10(7)12(17)18)15-11(16)6-4-9(14)19-5-6/h1-5H,(H,15,16)(H,17,18). The van der Waals surface area contributed by atoms with E-state index in [0.29, 0.717) is 5.56 Å². The van der Waals surface area contributed by atoms with Gasteiger partial charge in [-0.1, -0.05) is 17.7 Å². The second-order valence-electron chi connectivity index (χ2n) is 3.56. The summed E-state index contributed by atoms with van der Waals surface area (Å²) in [6.07, 6.45) is 0. The molecule has 19 heavy (non-hydrogen) atoms. The van der Waals surface area contributed by atoms with Crippen LogP contribution in [0.2, 0.25) is 5.02 Å². The van der Waals surface area contributed by atoms with Gasteiger partial charge < -0.3 is 10.4 Å². The van der Waals surface area contributed by atoms with E-state index >= 15 is 0 Å². The molecule has 0 aliphatic carbocycles. The maximum absolute atomic E-state index is 12.0. The molecule has 7 heteroatoms. The number of hydrogen-bond donors (Lipinski definition) is 2. The van der Waals surface area contributed by atoms with Crippen molar-refractivity contribution in [2.75, 3.05) is 5.32 Å². The van der Waals surface area contributed by atoms with Crippen LogP contribution in [-0.4, -0.2) is 17.0 Å². The van der Waals surface area contributed by atoms with E-state index in [4.69, 9.17) is 16.7 Å². The number of anilines is 1. The molecule has 1 heterocycles. The van der Waals surface area contributed by atoms with Crippen molar-refractivity contribution in [3.05, 3.63) is 48.7 Å². The lowest BCUT2D eigenvalue weighted by Gasteiger charge is -2.08. The Morgan fingerprint density at radius 1 is 1.37 bits per heavy atom. The smallest absolute Gasteiger partial charge is 0.339 e. The van der Waals surface area contributed by atoms with E-state index < -0.39 is 5.97 Å². The Labute approximate surface area is 131 Å². The summed E-state index contributed by atoms with van der Waals surface area (Å²) in [6, 6.07) is 6.28. The molecule has 1 aromatic heterocycles. The van der Waals surface area contributed by atoms with Gasteiger partial charge in [-0.25, -0.2) is 4.79 Å². The van der Waals surface area contributed by atoms with Crippen molar-refractivity contribution in [3.8, 4) is 0 Å². The average molecular weight is 408 g/mol. The monoisotopic (exact) mass is 407 g/mol. The number of amides is 1. The lowest BCUT2D eigenvalue weighted by Crippen LogP contribution is -2.14. The number of carbonyl (C=O) groups excluding carboxylic acids is 1. The lowest BCUT2D eigenvalue weighted by atomic mass is 10.1. The van der Waals surface area contributed by atoms with Crippen LogP contribution < -0.4 is 5.32 Å². The zero-order valence-electron chi connectivity index (χ0n) is 9.31. The largest absolute Gasteiger partial charge is 0.478 e. The fourth-order valence-corrected chi connectivity index (χ4v) is 3.05. The van der Waals surface area contributed by atoms with Crippen molar-refractivity contribution < 1.29 is 14.7 Å². The van der Waals surface area contributed by atoms with Crippen LogP contribution in [0.4, 0.5) is 5.69 Å². The second kappa shape index (κ2) is 5.89. The van der Waals surface area contributed by atoms with Gasteiger partial charge in [0.05, 0.1) is 19.2 Å². The third-order valence-corrected chi connectivity index (χ3v) is 4.41. The number of carboxylic acid groups (broad SMARTS) is 1. The number of halogens is 2. The summed E-state index contributed by atoms with van der Waals surface area (Å²) in [5.74, 6) is -1.54. The van der Waals surface area contributed by atoms with Crippen LogP contribution in [0.1, 0.15) is 20.7 Å². The molecule has 2 rings (SSSR count). The van der Waals surface area contributed by atoms with E-state index in [0.717, 1.165) is 2.88 Å². The van der Waals surface area contributed by atoms with Gasteiger partial charge in [-0.2, -0.15) is 0 Å². The van der Waals surface area contributed by atoms with Crippen LogP contribution >= 0.6 is 45.5 Å². The zero-order valence-corrected chi connectivity index (χ0v) is 13.0. The number of aromatic carboxylic acids is 1. The third-order valence-electron chi connectivity index (χ3n) is 2.31. The van der Waals surface area contributed by atoms with Crippen molar-refractivity contribution in [2.45, 2.75) is 0 Å². The molecule has 4 nitrogen and oxygen atoms in total. The minimum absolute atomic E-state index is 0.0881.